The summed E-state index contributed by atoms with van der Waals surface area (Å²) >= 11 is 0. The molecule has 0 aliphatic heterocycles. The number of nitrogens with one attached hydrogen (secondary N) is 1. The first kappa shape index (κ1) is 13.2. The molecule has 1 N–H and O–H groups in total. The normalized spacial score (nSPS) is 10.6. The van der Waals surface area contributed by atoms with Crippen LogP contribution in [-0.2, 0) is 6.54 Å². The van der Waals surface area contributed by atoms with E-state index in [2.05, 4.69) is 15.5 Å². The number of aromatic nitrogens is 2. The Hall–Kier alpha value is -2.28. The van der Waals surface area contributed by atoms with Crippen LogP contribution in [0.1, 0.15) is 18.4 Å². The minimum Gasteiger partial charge on any atom is -0.419 e. The van der Waals surface area contributed by atoms with Crippen LogP contribution in [0.25, 0.3) is 11.5 Å². The second-order valence-electron chi connectivity index (χ2n) is 4.04. The Morgan fingerprint density at radius 3 is 2.89 bits per heavy atom. The number of nitro groups is 1. The zero-order valence-electron chi connectivity index (χ0n) is 10.7. The Balaban J connectivity index is 2.32. The minimum atomic E-state index is -0.446. The number of hydrogen-bond acceptors (Lipinski definition) is 6. The van der Waals surface area contributed by atoms with Gasteiger partial charge in [0.05, 0.1) is 11.5 Å². The van der Waals surface area contributed by atoms with Gasteiger partial charge in [0.2, 0.25) is 11.8 Å². The van der Waals surface area contributed by atoms with Crippen molar-refractivity contribution in [1.29, 1.82) is 0 Å². The van der Waals surface area contributed by atoms with Crippen molar-refractivity contribution in [2.24, 2.45) is 0 Å². The van der Waals surface area contributed by atoms with Crippen molar-refractivity contribution in [3.63, 3.8) is 0 Å². The van der Waals surface area contributed by atoms with E-state index < -0.39 is 4.92 Å². The zero-order chi connectivity index (χ0) is 13.8. The van der Waals surface area contributed by atoms with E-state index in [0.29, 0.717) is 23.9 Å². The molecule has 1 heterocycles. The smallest absolute Gasteiger partial charge is 0.270 e. The molecule has 0 aliphatic carbocycles. The molecule has 0 radical (unpaired) electrons. The van der Waals surface area contributed by atoms with Gasteiger partial charge in [-0.25, -0.2) is 0 Å². The standard InChI is InChI=1S/C12H14N4O3/c1-3-13-7-11-14-15-12(19-11)10-6-9(16(17)18)5-4-8(10)2/h4-6,13H,3,7H2,1-2H3. The maximum Gasteiger partial charge on any atom is 0.270 e. The van der Waals surface area contributed by atoms with Gasteiger partial charge >= 0.3 is 0 Å². The first-order valence-corrected chi connectivity index (χ1v) is 5.90. The second kappa shape index (κ2) is 5.57. The Kier molecular flexibility index (Phi) is 3.86. The largest absolute Gasteiger partial charge is 0.419 e. The highest BCUT2D eigenvalue weighted by Crippen LogP contribution is 2.26. The van der Waals surface area contributed by atoms with Crippen molar-refractivity contribution in [3.05, 3.63) is 39.8 Å². The van der Waals surface area contributed by atoms with Crippen molar-refractivity contribution in [2.45, 2.75) is 20.4 Å². The van der Waals surface area contributed by atoms with Crippen LogP contribution in [0, 0.1) is 17.0 Å². The average molecular weight is 262 g/mol. The molecule has 1 aromatic carbocycles. The van der Waals surface area contributed by atoms with Gasteiger partial charge in [0.25, 0.3) is 5.69 Å². The summed E-state index contributed by atoms with van der Waals surface area (Å²) in [6, 6.07) is 4.57. The van der Waals surface area contributed by atoms with Gasteiger partial charge in [0.15, 0.2) is 0 Å². The molecule has 0 saturated heterocycles. The number of non-ortho nitro benzene ring substituents is 1. The molecule has 0 unspecified atom stereocenters. The first-order chi connectivity index (χ1) is 9.11. The number of benzene rings is 1. The van der Waals surface area contributed by atoms with E-state index in [4.69, 9.17) is 4.42 Å². The Labute approximate surface area is 109 Å². The predicted molar refractivity (Wildman–Crippen MR) is 68.5 cm³/mol. The van der Waals surface area contributed by atoms with Gasteiger partial charge in [0, 0.05) is 17.7 Å². The first-order valence-electron chi connectivity index (χ1n) is 5.90. The molecule has 19 heavy (non-hydrogen) atoms. The van der Waals surface area contributed by atoms with Gasteiger partial charge in [0.1, 0.15) is 0 Å². The lowest BCUT2D eigenvalue weighted by molar-refractivity contribution is -0.384. The van der Waals surface area contributed by atoms with Crippen molar-refractivity contribution < 1.29 is 9.34 Å². The fourth-order valence-corrected chi connectivity index (χ4v) is 1.62. The molecule has 7 heteroatoms. The van der Waals surface area contributed by atoms with Gasteiger partial charge in [-0.3, -0.25) is 10.1 Å². The molecule has 1 aromatic heterocycles. The third kappa shape index (κ3) is 2.94. The molecule has 0 atom stereocenters. The average Bonchev–Trinajstić information content (AvgIpc) is 2.85. The highest BCUT2D eigenvalue weighted by Gasteiger charge is 2.15. The molecule has 0 saturated carbocycles. The van der Waals surface area contributed by atoms with Crippen LogP contribution < -0.4 is 5.32 Å². The Morgan fingerprint density at radius 1 is 1.42 bits per heavy atom. The zero-order valence-corrected chi connectivity index (χ0v) is 10.7. The van der Waals surface area contributed by atoms with Gasteiger partial charge in [-0.2, -0.15) is 0 Å². The summed E-state index contributed by atoms with van der Waals surface area (Å²) in [6.45, 7) is 5.10. The molecule has 7 nitrogen and oxygen atoms in total. The number of hydrogen-bond donors (Lipinski definition) is 1. The number of nitrogens with zero attached hydrogens (tertiary/aromatic N) is 3. The lowest BCUT2D eigenvalue weighted by Crippen LogP contribution is -2.11. The molecule has 0 spiro atoms. The Morgan fingerprint density at radius 2 is 2.21 bits per heavy atom. The van der Waals surface area contributed by atoms with Crippen LogP contribution in [0.2, 0.25) is 0 Å². The minimum absolute atomic E-state index is 0.00651. The molecule has 100 valence electrons. The molecule has 0 amide bonds. The molecule has 0 bridgehead atoms. The van der Waals surface area contributed by atoms with Crippen molar-refractivity contribution in [1.82, 2.24) is 15.5 Å². The molecule has 2 aromatic rings. The fourth-order valence-electron chi connectivity index (χ4n) is 1.62. The van der Waals surface area contributed by atoms with Gasteiger partial charge in [-0.1, -0.05) is 13.0 Å². The SMILES string of the molecule is CCNCc1nnc(-c2cc([N+](=O)[O-])ccc2C)o1. The molecular weight excluding hydrogens is 248 g/mol. The fraction of sp³-hybridized carbons (Fsp3) is 0.333. The summed E-state index contributed by atoms with van der Waals surface area (Å²) in [5.74, 6) is 0.761. The highest BCUT2D eigenvalue weighted by molar-refractivity contribution is 5.62. The van der Waals surface area contributed by atoms with Crippen LogP contribution in [0.3, 0.4) is 0 Å². The maximum absolute atomic E-state index is 10.8. The van der Waals surface area contributed by atoms with Crippen LogP contribution in [0.4, 0.5) is 5.69 Å². The number of nitro benzene ring substituents is 1. The number of rotatable bonds is 5. The Bertz CT molecular complexity index is 594. The van der Waals surface area contributed by atoms with Crippen LogP contribution in [0.15, 0.2) is 22.6 Å². The molecule has 0 aliphatic rings. The predicted octanol–water partition coefficient (Wildman–Crippen LogP) is 2.06. The summed E-state index contributed by atoms with van der Waals surface area (Å²) in [6.07, 6.45) is 0. The van der Waals surface area contributed by atoms with E-state index in [0.717, 1.165) is 12.1 Å². The van der Waals surface area contributed by atoms with Crippen molar-refractivity contribution in [3.8, 4) is 11.5 Å². The molecule has 2 rings (SSSR count). The maximum atomic E-state index is 10.8. The number of aryl methyl sites for hydroxylation is 1. The van der Waals surface area contributed by atoms with E-state index in [1.54, 1.807) is 6.07 Å². The quantitative estimate of drug-likeness (QED) is 0.654. The van der Waals surface area contributed by atoms with Crippen LogP contribution in [-0.4, -0.2) is 21.7 Å². The molecule has 0 fully saturated rings. The van der Waals surface area contributed by atoms with Gasteiger partial charge < -0.3 is 9.73 Å². The van der Waals surface area contributed by atoms with Gasteiger partial charge in [-0.05, 0) is 19.0 Å². The highest BCUT2D eigenvalue weighted by atomic mass is 16.6. The van der Waals surface area contributed by atoms with Gasteiger partial charge in [-0.15, -0.1) is 10.2 Å². The van der Waals surface area contributed by atoms with E-state index >= 15 is 0 Å². The van der Waals surface area contributed by atoms with E-state index in [1.807, 2.05) is 13.8 Å². The molecular formula is C12H14N4O3. The summed E-state index contributed by atoms with van der Waals surface area (Å²) in [5, 5.41) is 21.7. The summed E-state index contributed by atoms with van der Waals surface area (Å²) in [5.41, 5.74) is 1.45. The van der Waals surface area contributed by atoms with E-state index in [1.165, 1.54) is 12.1 Å². The monoisotopic (exact) mass is 262 g/mol. The van der Waals surface area contributed by atoms with E-state index in [-0.39, 0.29) is 5.69 Å². The lowest BCUT2D eigenvalue weighted by atomic mass is 10.1. The van der Waals surface area contributed by atoms with Crippen molar-refractivity contribution >= 4 is 5.69 Å². The lowest BCUT2D eigenvalue weighted by Gasteiger charge is -2.00. The van der Waals surface area contributed by atoms with Crippen LogP contribution >= 0.6 is 0 Å². The van der Waals surface area contributed by atoms with Crippen molar-refractivity contribution in [2.75, 3.05) is 6.54 Å². The summed E-state index contributed by atoms with van der Waals surface area (Å²) in [7, 11) is 0. The third-order valence-corrected chi connectivity index (χ3v) is 2.66. The van der Waals surface area contributed by atoms with E-state index in [9.17, 15) is 10.1 Å². The summed E-state index contributed by atoms with van der Waals surface area (Å²) in [4.78, 5) is 10.3. The third-order valence-electron chi connectivity index (χ3n) is 2.66. The van der Waals surface area contributed by atoms with Crippen LogP contribution in [0.5, 0.6) is 0 Å². The summed E-state index contributed by atoms with van der Waals surface area (Å²) < 4.78 is 5.48. The second-order valence-corrected chi connectivity index (χ2v) is 4.04. The topological polar surface area (TPSA) is 94.1 Å².